The maximum absolute atomic E-state index is 12.7. The van der Waals surface area contributed by atoms with Crippen molar-refractivity contribution in [3.05, 3.63) is 65.7 Å². The minimum Gasteiger partial charge on any atom is -0.337 e. The summed E-state index contributed by atoms with van der Waals surface area (Å²) >= 11 is 0. The second-order valence-electron chi connectivity index (χ2n) is 6.29. The number of amides is 1. The number of sulfonamides is 1. The highest BCUT2D eigenvalue weighted by Gasteiger charge is 2.26. The first-order chi connectivity index (χ1) is 12.0. The Morgan fingerprint density at radius 3 is 2.56 bits per heavy atom. The molecule has 0 radical (unpaired) electrons. The quantitative estimate of drug-likeness (QED) is 0.844. The summed E-state index contributed by atoms with van der Waals surface area (Å²) in [5, 5.41) is 0. The van der Waals surface area contributed by atoms with Crippen LogP contribution in [-0.4, -0.2) is 38.6 Å². The van der Waals surface area contributed by atoms with Crippen molar-refractivity contribution in [1.29, 1.82) is 0 Å². The minimum absolute atomic E-state index is 0.125. The van der Waals surface area contributed by atoms with Crippen molar-refractivity contribution in [2.45, 2.75) is 19.4 Å². The largest absolute Gasteiger partial charge is 0.337 e. The van der Waals surface area contributed by atoms with Crippen LogP contribution < -0.4 is 4.31 Å². The van der Waals surface area contributed by atoms with Gasteiger partial charge in [-0.1, -0.05) is 36.4 Å². The van der Waals surface area contributed by atoms with E-state index in [1.807, 2.05) is 30.3 Å². The molecule has 0 bridgehead atoms. The van der Waals surface area contributed by atoms with Crippen LogP contribution in [0.2, 0.25) is 0 Å². The lowest BCUT2D eigenvalue weighted by molar-refractivity contribution is 0.0785. The van der Waals surface area contributed by atoms with E-state index in [4.69, 9.17) is 0 Å². The molecule has 3 rings (SSSR count). The molecule has 0 aliphatic carbocycles. The SMILES string of the molecule is CN(Cc1ccccc1)C(=O)c1cccc(N2CCCCS2(=O)=O)c1. The van der Waals surface area contributed by atoms with Gasteiger partial charge in [-0.25, -0.2) is 8.42 Å². The van der Waals surface area contributed by atoms with Crippen LogP contribution in [0, 0.1) is 0 Å². The third-order valence-electron chi connectivity index (χ3n) is 4.34. The average Bonchev–Trinajstić information content (AvgIpc) is 2.61. The molecule has 5 nitrogen and oxygen atoms in total. The van der Waals surface area contributed by atoms with Crippen LogP contribution in [-0.2, 0) is 16.6 Å². The number of carbonyl (C=O) groups is 1. The van der Waals surface area contributed by atoms with Crippen LogP contribution in [0.15, 0.2) is 54.6 Å². The van der Waals surface area contributed by atoms with E-state index in [0.29, 0.717) is 30.8 Å². The molecule has 2 aromatic carbocycles. The summed E-state index contributed by atoms with van der Waals surface area (Å²) in [6.45, 7) is 0.978. The smallest absolute Gasteiger partial charge is 0.253 e. The molecule has 1 aliphatic heterocycles. The Morgan fingerprint density at radius 2 is 1.84 bits per heavy atom. The molecule has 1 aliphatic rings. The van der Waals surface area contributed by atoms with E-state index in [2.05, 4.69) is 0 Å². The molecule has 1 amide bonds. The predicted molar refractivity (Wildman–Crippen MR) is 99.0 cm³/mol. The Morgan fingerprint density at radius 1 is 1.08 bits per heavy atom. The van der Waals surface area contributed by atoms with Crippen molar-refractivity contribution in [3.63, 3.8) is 0 Å². The molecule has 0 atom stereocenters. The zero-order valence-corrected chi connectivity index (χ0v) is 15.1. The number of anilines is 1. The fourth-order valence-corrected chi connectivity index (χ4v) is 4.65. The van der Waals surface area contributed by atoms with E-state index < -0.39 is 10.0 Å². The van der Waals surface area contributed by atoms with Gasteiger partial charge >= 0.3 is 0 Å². The number of benzene rings is 2. The zero-order valence-electron chi connectivity index (χ0n) is 14.3. The van der Waals surface area contributed by atoms with Crippen molar-refractivity contribution in [2.75, 3.05) is 23.7 Å². The third-order valence-corrected chi connectivity index (χ3v) is 6.21. The Hall–Kier alpha value is -2.34. The molecule has 2 aromatic rings. The van der Waals surface area contributed by atoms with Gasteiger partial charge in [0.2, 0.25) is 10.0 Å². The van der Waals surface area contributed by atoms with Crippen molar-refractivity contribution in [1.82, 2.24) is 4.90 Å². The second-order valence-corrected chi connectivity index (χ2v) is 8.31. The standard InChI is InChI=1S/C19H22N2O3S/c1-20(15-16-8-3-2-4-9-16)19(22)17-10-7-11-18(14-17)21-12-5-6-13-25(21,23)24/h2-4,7-11,14H,5-6,12-13,15H2,1H3. The van der Waals surface area contributed by atoms with Gasteiger partial charge in [0.05, 0.1) is 11.4 Å². The molecule has 0 aromatic heterocycles. The number of nitrogens with zero attached hydrogens (tertiary/aromatic N) is 2. The highest BCUT2D eigenvalue weighted by atomic mass is 32.2. The maximum Gasteiger partial charge on any atom is 0.253 e. The van der Waals surface area contributed by atoms with Gasteiger partial charge in [-0.05, 0) is 36.6 Å². The summed E-state index contributed by atoms with van der Waals surface area (Å²) in [5.74, 6) is 0.0409. The highest BCUT2D eigenvalue weighted by Crippen LogP contribution is 2.24. The zero-order chi connectivity index (χ0) is 17.9. The van der Waals surface area contributed by atoms with Crippen LogP contribution >= 0.6 is 0 Å². The molecule has 1 fully saturated rings. The Bertz CT molecular complexity index is 850. The van der Waals surface area contributed by atoms with E-state index in [1.165, 1.54) is 4.31 Å². The Kier molecular flexibility index (Phi) is 5.08. The molecular weight excluding hydrogens is 336 g/mol. The summed E-state index contributed by atoms with van der Waals surface area (Å²) in [4.78, 5) is 14.3. The molecule has 0 N–H and O–H groups in total. The van der Waals surface area contributed by atoms with E-state index in [1.54, 1.807) is 36.2 Å². The van der Waals surface area contributed by atoms with Gasteiger partial charge in [-0.3, -0.25) is 9.10 Å². The maximum atomic E-state index is 12.7. The molecule has 132 valence electrons. The number of rotatable bonds is 4. The first-order valence-corrected chi connectivity index (χ1v) is 9.98. The van der Waals surface area contributed by atoms with Crippen LogP contribution in [0.1, 0.15) is 28.8 Å². The van der Waals surface area contributed by atoms with Gasteiger partial charge in [-0.15, -0.1) is 0 Å². The lowest BCUT2D eigenvalue weighted by atomic mass is 10.1. The van der Waals surface area contributed by atoms with Crippen molar-refractivity contribution in [3.8, 4) is 0 Å². The summed E-state index contributed by atoms with van der Waals surface area (Å²) < 4.78 is 26.0. The van der Waals surface area contributed by atoms with E-state index >= 15 is 0 Å². The fourth-order valence-electron chi connectivity index (χ4n) is 3.02. The molecule has 0 unspecified atom stereocenters. The number of carbonyl (C=O) groups excluding carboxylic acids is 1. The highest BCUT2D eigenvalue weighted by molar-refractivity contribution is 7.92. The van der Waals surface area contributed by atoms with Crippen molar-refractivity contribution >= 4 is 21.6 Å². The lowest BCUT2D eigenvalue weighted by Crippen LogP contribution is -2.38. The van der Waals surface area contributed by atoms with E-state index in [-0.39, 0.29) is 11.7 Å². The summed E-state index contributed by atoms with van der Waals surface area (Å²) in [7, 11) is -1.53. The van der Waals surface area contributed by atoms with Gasteiger partial charge < -0.3 is 4.90 Å². The van der Waals surface area contributed by atoms with Crippen molar-refractivity contribution in [2.24, 2.45) is 0 Å². The molecular formula is C19H22N2O3S. The normalized spacial score (nSPS) is 16.4. The van der Waals surface area contributed by atoms with Gasteiger partial charge in [-0.2, -0.15) is 0 Å². The number of hydrogen-bond acceptors (Lipinski definition) is 3. The Labute approximate surface area is 148 Å². The van der Waals surface area contributed by atoms with Gasteiger partial charge in [0.15, 0.2) is 0 Å². The first-order valence-electron chi connectivity index (χ1n) is 8.37. The van der Waals surface area contributed by atoms with Gasteiger partial charge in [0, 0.05) is 25.7 Å². The average molecular weight is 358 g/mol. The number of hydrogen-bond donors (Lipinski definition) is 0. The molecule has 25 heavy (non-hydrogen) atoms. The summed E-state index contributed by atoms with van der Waals surface area (Å²) in [6, 6.07) is 16.6. The first kappa shape index (κ1) is 17.5. The third kappa shape index (κ3) is 4.02. The topological polar surface area (TPSA) is 57.7 Å². The molecule has 1 heterocycles. The second kappa shape index (κ2) is 7.27. The molecule has 6 heteroatoms. The minimum atomic E-state index is -3.28. The molecule has 1 saturated heterocycles. The van der Waals surface area contributed by atoms with E-state index in [9.17, 15) is 13.2 Å². The van der Waals surface area contributed by atoms with Gasteiger partial charge in [0.25, 0.3) is 5.91 Å². The van der Waals surface area contributed by atoms with Crippen LogP contribution in [0.25, 0.3) is 0 Å². The molecule has 0 saturated carbocycles. The lowest BCUT2D eigenvalue weighted by Gasteiger charge is -2.28. The summed E-state index contributed by atoms with van der Waals surface area (Å²) in [6.07, 6.45) is 1.53. The molecule has 0 spiro atoms. The van der Waals surface area contributed by atoms with Crippen molar-refractivity contribution < 1.29 is 13.2 Å². The van der Waals surface area contributed by atoms with Gasteiger partial charge in [0.1, 0.15) is 0 Å². The fraction of sp³-hybridized carbons (Fsp3) is 0.316. The Balaban J connectivity index is 1.80. The van der Waals surface area contributed by atoms with Crippen LogP contribution in [0.3, 0.4) is 0 Å². The van der Waals surface area contributed by atoms with Crippen LogP contribution in [0.5, 0.6) is 0 Å². The van der Waals surface area contributed by atoms with E-state index in [0.717, 1.165) is 12.0 Å². The predicted octanol–water partition coefficient (Wildman–Crippen LogP) is 2.89. The summed E-state index contributed by atoms with van der Waals surface area (Å²) in [5.41, 5.74) is 2.11. The monoisotopic (exact) mass is 358 g/mol. The van der Waals surface area contributed by atoms with Crippen LogP contribution in [0.4, 0.5) is 5.69 Å².